The summed E-state index contributed by atoms with van der Waals surface area (Å²) in [6, 6.07) is 0. The van der Waals surface area contributed by atoms with Crippen molar-refractivity contribution in [3.63, 3.8) is 0 Å². The predicted molar refractivity (Wildman–Crippen MR) is 43.5 cm³/mol. The van der Waals surface area contributed by atoms with Crippen molar-refractivity contribution in [2.45, 2.75) is 12.5 Å². The Morgan fingerprint density at radius 2 is 2.38 bits per heavy atom. The largest absolute Gasteiger partial charge is 0.492 e. The zero-order valence-electron chi connectivity index (χ0n) is 6.93. The monoisotopic (exact) mass is 183 g/mol. The van der Waals surface area contributed by atoms with Crippen molar-refractivity contribution in [3.8, 4) is 0 Å². The van der Waals surface area contributed by atoms with E-state index >= 15 is 0 Å². The minimum Gasteiger partial charge on any atom is -0.492 e. The van der Waals surface area contributed by atoms with Gasteiger partial charge in [-0.3, -0.25) is 10.1 Å². The quantitative estimate of drug-likeness (QED) is 0.446. The lowest BCUT2D eigenvalue weighted by molar-refractivity contribution is -0.420. The molecule has 0 amide bonds. The average Bonchev–Trinajstić information content (AvgIpc) is 2.17. The van der Waals surface area contributed by atoms with Crippen LogP contribution in [0.2, 0.25) is 0 Å². The molecule has 1 saturated heterocycles. The Morgan fingerprint density at radius 1 is 1.54 bits per heavy atom. The molecule has 70 valence electrons. The minimum atomic E-state index is -0.415. The van der Waals surface area contributed by atoms with Gasteiger partial charge >= 0.3 is 0 Å². The smallest absolute Gasteiger partial charge is 0.269 e. The van der Waals surface area contributed by atoms with Crippen LogP contribution >= 0.6 is 0 Å². The normalized spacial score (nSPS) is 26.6. The van der Waals surface area contributed by atoms with Crippen LogP contribution < -0.4 is 0 Å². The van der Waals surface area contributed by atoms with Gasteiger partial charge in [0, 0.05) is 6.42 Å². The van der Waals surface area contributed by atoms with E-state index in [9.17, 15) is 10.1 Å². The van der Waals surface area contributed by atoms with Gasteiger partial charge in [-0.1, -0.05) is 0 Å². The fourth-order valence-electron chi connectivity index (χ4n) is 1.40. The summed E-state index contributed by atoms with van der Waals surface area (Å²) in [7, 11) is 0. The highest BCUT2D eigenvalue weighted by atomic mass is 16.6. The van der Waals surface area contributed by atoms with Crippen molar-refractivity contribution in [1.29, 1.82) is 0 Å². The summed E-state index contributed by atoms with van der Waals surface area (Å²) in [4.78, 5) is 10.0. The van der Waals surface area contributed by atoms with E-state index in [4.69, 9.17) is 9.47 Å². The second-order valence-corrected chi connectivity index (χ2v) is 2.88. The standard InChI is InChI=1S/C8H9NO4/c10-9(11)6-1-2-7-8(5-6)13-4-3-12-7/h1,5,7H,2-4H2. The van der Waals surface area contributed by atoms with Crippen LogP contribution in [0, 0.1) is 10.1 Å². The Kier molecular flexibility index (Phi) is 2.02. The molecule has 13 heavy (non-hydrogen) atoms. The highest BCUT2D eigenvalue weighted by Gasteiger charge is 2.27. The van der Waals surface area contributed by atoms with E-state index < -0.39 is 4.92 Å². The van der Waals surface area contributed by atoms with Gasteiger partial charge < -0.3 is 9.47 Å². The molecule has 0 aromatic rings. The third-order valence-electron chi connectivity index (χ3n) is 2.03. The summed E-state index contributed by atoms with van der Waals surface area (Å²) in [5.74, 6) is 0.584. The van der Waals surface area contributed by atoms with E-state index in [-0.39, 0.29) is 11.8 Å². The van der Waals surface area contributed by atoms with Crippen LogP contribution in [0.15, 0.2) is 23.6 Å². The number of allylic oxidation sites excluding steroid dienone is 1. The van der Waals surface area contributed by atoms with Crippen molar-refractivity contribution in [3.05, 3.63) is 33.7 Å². The molecule has 1 aliphatic heterocycles. The lowest BCUT2D eigenvalue weighted by atomic mass is 10.1. The molecule has 5 heteroatoms. The maximum atomic E-state index is 10.4. The van der Waals surface area contributed by atoms with Crippen molar-refractivity contribution in [1.82, 2.24) is 0 Å². The fraction of sp³-hybridized carbons (Fsp3) is 0.500. The minimum absolute atomic E-state index is 0.0942. The van der Waals surface area contributed by atoms with Gasteiger partial charge in [-0.05, 0) is 6.08 Å². The highest BCUT2D eigenvalue weighted by Crippen LogP contribution is 2.24. The van der Waals surface area contributed by atoms with Crippen LogP contribution in [0.3, 0.4) is 0 Å². The summed E-state index contributed by atoms with van der Waals surface area (Å²) in [5.41, 5.74) is 0.0942. The van der Waals surface area contributed by atoms with Crippen LogP contribution in [0.4, 0.5) is 0 Å². The summed E-state index contributed by atoms with van der Waals surface area (Å²) >= 11 is 0. The Morgan fingerprint density at radius 3 is 3.15 bits per heavy atom. The molecule has 2 aliphatic rings. The third-order valence-corrected chi connectivity index (χ3v) is 2.03. The van der Waals surface area contributed by atoms with Crippen LogP contribution in [0.1, 0.15) is 6.42 Å². The summed E-state index contributed by atoms with van der Waals surface area (Å²) in [6.07, 6.45) is 3.41. The zero-order chi connectivity index (χ0) is 9.26. The molecular weight excluding hydrogens is 174 g/mol. The number of ether oxygens (including phenoxy) is 2. The van der Waals surface area contributed by atoms with Crippen molar-refractivity contribution < 1.29 is 14.4 Å². The van der Waals surface area contributed by atoms with Crippen molar-refractivity contribution >= 4 is 0 Å². The van der Waals surface area contributed by atoms with E-state index in [1.165, 1.54) is 6.08 Å². The molecular formula is C8H9NO4. The summed E-state index contributed by atoms with van der Waals surface area (Å²) in [6.45, 7) is 1.04. The van der Waals surface area contributed by atoms with Gasteiger partial charge in [-0.2, -0.15) is 0 Å². The molecule has 1 unspecified atom stereocenters. The van der Waals surface area contributed by atoms with E-state index in [1.54, 1.807) is 6.08 Å². The Labute approximate surface area is 74.8 Å². The molecule has 0 spiro atoms. The Balaban J connectivity index is 2.18. The fourth-order valence-corrected chi connectivity index (χ4v) is 1.40. The first-order valence-corrected chi connectivity index (χ1v) is 4.08. The molecule has 0 aromatic heterocycles. The van der Waals surface area contributed by atoms with Gasteiger partial charge in [0.05, 0.1) is 17.6 Å². The van der Waals surface area contributed by atoms with Crippen LogP contribution in [0.5, 0.6) is 0 Å². The first-order valence-electron chi connectivity index (χ1n) is 4.08. The maximum Gasteiger partial charge on any atom is 0.269 e. The summed E-state index contributed by atoms with van der Waals surface area (Å²) < 4.78 is 10.6. The molecule has 0 radical (unpaired) electrons. The average molecular weight is 183 g/mol. The highest BCUT2D eigenvalue weighted by molar-refractivity contribution is 5.23. The Hall–Kier alpha value is -1.36. The maximum absolute atomic E-state index is 10.4. The number of nitro groups is 1. The zero-order valence-corrected chi connectivity index (χ0v) is 6.93. The lowest BCUT2D eigenvalue weighted by Crippen LogP contribution is -2.28. The van der Waals surface area contributed by atoms with Crippen molar-refractivity contribution in [2.24, 2.45) is 0 Å². The first-order chi connectivity index (χ1) is 6.27. The first kappa shape index (κ1) is 8.25. The molecule has 0 aromatic carbocycles. The molecule has 0 N–H and O–H groups in total. The molecule has 5 nitrogen and oxygen atoms in total. The van der Waals surface area contributed by atoms with Crippen LogP contribution in [0.25, 0.3) is 0 Å². The lowest BCUT2D eigenvalue weighted by Gasteiger charge is -2.26. The molecule has 1 atom stereocenters. The number of rotatable bonds is 1. The molecule has 0 bridgehead atoms. The van der Waals surface area contributed by atoms with E-state index in [1.807, 2.05) is 0 Å². The van der Waals surface area contributed by atoms with Gasteiger partial charge in [-0.15, -0.1) is 0 Å². The van der Waals surface area contributed by atoms with Gasteiger partial charge in [0.15, 0.2) is 0 Å². The van der Waals surface area contributed by atoms with Gasteiger partial charge in [0.1, 0.15) is 18.5 Å². The van der Waals surface area contributed by atoms with E-state index in [0.717, 1.165) is 0 Å². The second kappa shape index (κ2) is 3.18. The molecule has 1 fully saturated rings. The van der Waals surface area contributed by atoms with Crippen LogP contribution in [-0.4, -0.2) is 24.2 Å². The number of hydrogen-bond donors (Lipinski definition) is 0. The molecule has 2 rings (SSSR count). The van der Waals surface area contributed by atoms with E-state index in [0.29, 0.717) is 25.4 Å². The van der Waals surface area contributed by atoms with E-state index in [2.05, 4.69) is 0 Å². The number of fused-ring (bicyclic) bond motifs is 1. The summed E-state index contributed by atoms with van der Waals surface area (Å²) in [5, 5.41) is 10.4. The van der Waals surface area contributed by atoms with Gasteiger partial charge in [0.25, 0.3) is 5.70 Å². The predicted octanol–water partition coefficient (Wildman–Crippen LogP) is 0.850. The third kappa shape index (κ3) is 1.55. The van der Waals surface area contributed by atoms with Crippen molar-refractivity contribution in [2.75, 3.05) is 13.2 Å². The second-order valence-electron chi connectivity index (χ2n) is 2.88. The topological polar surface area (TPSA) is 61.6 Å². The number of nitrogens with zero attached hydrogens (tertiary/aromatic N) is 1. The SMILES string of the molecule is O=[N+]([O-])C1=CCC2OCCOC2=C1. The molecule has 1 aliphatic carbocycles. The van der Waals surface area contributed by atoms with Gasteiger partial charge in [0.2, 0.25) is 0 Å². The number of hydrogen-bond acceptors (Lipinski definition) is 4. The molecule has 1 heterocycles. The Bertz CT molecular complexity index is 295. The van der Waals surface area contributed by atoms with Gasteiger partial charge in [-0.25, -0.2) is 0 Å². The molecule has 0 saturated carbocycles. The van der Waals surface area contributed by atoms with Crippen LogP contribution in [-0.2, 0) is 9.47 Å².